The number of fused-ring (bicyclic) bond motifs is 3. The average Bonchev–Trinajstić information content (AvgIpc) is 2.76. The molecule has 4 rings (SSSR count). The maximum atomic E-state index is 6.02. The van der Waals surface area contributed by atoms with E-state index in [0.717, 1.165) is 12.1 Å². The van der Waals surface area contributed by atoms with Gasteiger partial charge in [0.1, 0.15) is 0 Å². The molecule has 3 N–H and O–H groups in total. The van der Waals surface area contributed by atoms with Gasteiger partial charge in [-0.1, -0.05) is 12.5 Å². The van der Waals surface area contributed by atoms with Crippen molar-refractivity contribution in [3.63, 3.8) is 0 Å². The summed E-state index contributed by atoms with van der Waals surface area (Å²) in [5.74, 6) is 0. The minimum atomic E-state index is 0.227. The molecule has 3 heteroatoms. The van der Waals surface area contributed by atoms with Crippen molar-refractivity contribution >= 4 is 21.8 Å². The molecule has 2 heterocycles. The van der Waals surface area contributed by atoms with E-state index >= 15 is 0 Å². The maximum absolute atomic E-state index is 6.02. The van der Waals surface area contributed by atoms with Crippen LogP contribution in [0.4, 0.5) is 0 Å². The van der Waals surface area contributed by atoms with Crippen LogP contribution in [-0.4, -0.2) is 16.5 Å². The first-order valence-corrected chi connectivity index (χ1v) is 6.88. The maximum Gasteiger partial charge on any atom is 0.0651 e. The zero-order chi connectivity index (χ0) is 12.9. The number of H-pyrrole nitrogens is 1. The molecule has 0 amide bonds. The molecule has 96 valence electrons. The Balaban J connectivity index is 1.97. The van der Waals surface area contributed by atoms with Crippen LogP contribution < -0.4 is 5.73 Å². The number of nitrogens with zero attached hydrogens (tertiary/aromatic N) is 1. The molecule has 1 aromatic carbocycles. The molecule has 3 aromatic rings. The number of nitrogens with two attached hydrogens (primary N) is 1. The molecule has 0 spiro atoms. The van der Waals surface area contributed by atoms with E-state index in [4.69, 9.17) is 5.73 Å². The molecule has 1 aliphatic rings. The van der Waals surface area contributed by atoms with Crippen LogP contribution in [0, 0.1) is 0 Å². The second-order valence-corrected chi connectivity index (χ2v) is 5.64. The number of rotatable bonds is 2. The van der Waals surface area contributed by atoms with E-state index in [1.165, 1.54) is 41.1 Å². The number of aromatic nitrogens is 2. The number of hydrogen-bond acceptors (Lipinski definition) is 2. The molecular weight excluding hydrogens is 234 g/mol. The summed E-state index contributed by atoms with van der Waals surface area (Å²) >= 11 is 0. The van der Waals surface area contributed by atoms with Gasteiger partial charge in [0.05, 0.1) is 11.7 Å². The van der Waals surface area contributed by atoms with Gasteiger partial charge in [0, 0.05) is 34.4 Å². The Morgan fingerprint density at radius 2 is 2.05 bits per heavy atom. The van der Waals surface area contributed by atoms with Crippen molar-refractivity contribution in [3.8, 4) is 0 Å². The van der Waals surface area contributed by atoms with Crippen LogP contribution in [0.25, 0.3) is 21.8 Å². The van der Waals surface area contributed by atoms with Crippen molar-refractivity contribution in [2.45, 2.75) is 24.7 Å². The van der Waals surface area contributed by atoms with Gasteiger partial charge in [0.2, 0.25) is 0 Å². The zero-order valence-corrected chi connectivity index (χ0v) is 10.8. The molecule has 0 aliphatic heterocycles. The number of pyridine rings is 1. The Morgan fingerprint density at radius 3 is 2.79 bits per heavy atom. The molecule has 0 unspecified atom stereocenters. The first-order chi connectivity index (χ1) is 9.32. The Labute approximate surface area is 111 Å². The molecule has 19 heavy (non-hydrogen) atoms. The fourth-order valence-corrected chi connectivity index (χ4v) is 3.29. The molecule has 2 aromatic heterocycles. The van der Waals surface area contributed by atoms with Crippen molar-refractivity contribution in [1.29, 1.82) is 0 Å². The molecule has 1 saturated carbocycles. The first kappa shape index (κ1) is 11.0. The second kappa shape index (κ2) is 3.81. The average molecular weight is 251 g/mol. The van der Waals surface area contributed by atoms with Gasteiger partial charge in [-0.15, -0.1) is 0 Å². The molecule has 3 nitrogen and oxygen atoms in total. The zero-order valence-electron chi connectivity index (χ0n) is 10.8. The van der Waals surface area contributed by atoms with Gasteiger partial charge >= 0.3 is 0 Å². The van der Waals surface area contributed by atoms with Crippen molar-refractivity contribution in [2.24, 2.45) is 5.73 Å². The Bertz CT molecular complexity index is 747. The monoisotopic (exact) mass is 251 g/mol. The summed E-state index contributed by atoms with van der Waals surface area (Å²) in [4.78, 5) is 7.59. The summed E-state index contributed by atoms with van der Waals surface area (Å²) in [6.07, 6.45) is 7.48. The van der Waals surface area contributed by atoms with E-state index in [1.54, 1.807) is 0 Å². The van der Waals surface area contributed by atoms with Crippen LogP contribution in [0.15, 0.2) is 36.7 Å². The van der Waals surface area contributed by atoms with Crippen molar-refractivity contribution in [1.82, 2.24) is 9.97 Å². The molecule has 0 saturated heterocycles. The van der Waals surface area contributed by atoms with Gasteiger partial charge in [0.15, 0.2) is 0 Å². The number of nitrogens with one attached hydrogen (secondary N) is 1. The van der Waals surface area contributed by atoms with Crippen LogP contribution in [-0.2, 0) is 5.41 Å². The Kier molecular flexibility index (Phi) is 2.21. The van der Waals surface area contributed by atoms with E-state index < -0.39 is 0 Å². The fraction of sp³-hybridized carbons (Fsp3) is 0.312. The van der Waals surface area contributed by atoms with Crippen LogP contribution in [0.3, 0.4) is 0 Å². The molecule has 0 radical (unpaired) electrons. The molecule has 1 aliphatic carbocycles. The van der Waals surface area contributed by atoms with Gasteiger partial charge in [-0.05, 0) is 36.6 Å². The highest BCUT2D eigenvalue weighted by Crippen LogP contribution is 2.44. The number of aromatic amines is 1. The lowest BCUT2D eigenvalue weighted by Crippen LogP contribution is -2.41. The van der Waals surface area contributed by atoms with Gasteiger partial charge in [-0.3, -0.25) is 4.98 Å². The van der Waals surface area contributed by atoms with Gasteiger partial charge in [-0.25, -0.2) is 0 Å². The van der Waals surface area contributed by atoms with Crippen LogP contribution in [0.1, 0.15) is 24.8 Å². The molecule has 0 atom stereocenters. The van der Waals surface area contributed by atoms with Crippen LogP contribution >= 0.6 is 0 Å². The summed E-state index contributed by atoms with van der Waals surface area (Å²) < 4.78 is 0. The van der Waals surface area contributed by atoms with Crippen molar-refractivity contribution in [2.75, 3.05) is 6.54 Å². The molecule has 0 bridgehead atoms. The lowest BCUT2D eigenvalue weighted by atomic mass is 9.64. The lowest BCUT2D eigenvalue weighted by molar-refractivity contribution is 0.253. The van der Waals surface area contributed by atoms with Crippen molar-refractivity contribution in [3.05, 3.63) is 42.2 Å². The van der Waals surface area contributed by atoms with Crippen LogP contribution in [0.5, 0.6) is 0 Å². The minimum absolute atomic E-state index is 0.227. The second-order valence-electron chi connectivity index (χ2n) is 5.64. The van der Waals surface area contributed by atoms with Gasteiger partial charge in [-0.2, -0.15) is 0 Å². The first-order valence-electron chi connectivity index (χ1n) is 6.88. The summed E-state index contributed by atoms with van der Waals surface area (Å²) in [7, 11) is 0. The Morgan fingerprint density at radius 1 is 1.16 bits per heavy atom. The lowest BCUT2D eigenvalue weighted by Gasteiger charge is -2.41. The molecular formula is C16H17N3. The highest BCUT2D eigenvalue weighted by atomic mass is 14.7. The number of benzene rings is 1. The summed E-state index contributed by atoms with van der Waals surface area (Å²) in [5, 5.41) is 2.54. The normalized spacial score (nSPS) is 17.7. The molecule has 1 fully saturated rings. The highest BCUT2D eigenvalue weighted by molar-refractivity contribution is 6.07. The summed E-state index contributed by atoms with van der Waals surface area (Å²) in [6, 6.07) is 8.81. The standard InChI is InChI=1S/C16H17N3/c17-10-16(5-1-6-16)11-2-3-14-13(8-11)12-4-7-18-9-15(12)19-14/h2-4,7-9,19H,1,5-6,10,17H2. The Hall–Kier alpha value is -1.87. The van der Waals surface area contributed by atoms with Gasteiger partial charge in [0.25, 0.3) is 0 Å². The third kappa shape index (κ3) is 1.45. The number of hydrogen-bond donors (Lipinski definition) is 2. The van der Waals surface area contributed by atoms with Crippen LogP contribution in [0.2, 0.25) is 0 Å². The van der Waals surface area contributed by atoms with E-state index in [2.05, 4.69) is 34.2 Å². The summed E-state index contributed by atoms with van der Waals surface area (Å²) in [5.41, 5.74) is 9.92. The third-order valence-corrected chi connectivity index (χ3v) is 4.71. The summed E-state index contributed by atoms with van der Waals surface area (Å²) in [6.45, 7) is 0.752. The predicted octanol–water partition coefficient (Wildman–Crippen LogP) is 3.10. The smallest absolute Gasteiger partial charge is 0.0651 e. The quantitative estimate of drug-likeness (QED) is 0.735. The van der Waals surface area contributed by atoms with E-state index in [1.807, 2.05) is 12.4 Å². The van der Waals surface area contributed by atoms with E-state index in [0.29, 0.717) is 0 Å². The third-order valence-electron chi connectivity index (χ3n) is 4.71. The predicted molar refractivity (Wildman–Crippen MR) is 78.2 cm³/mol. The minimum Gasteiger partial charge on any atom is -0.353 e. The highest BCUT2D eigenvalue weighted by Gasteiger charge is 2.37. The fourth-order valence-electron chi connectivity index (χ4n) is 3.29. The van der Waals surface area contributed by atoms with E-state index in [9.17, 15) is 0 Å². The topological polar surface area (TPSA) is 54.7 Å². The van der Waals surface area contributed by atoms with Gasteiger partial charge < -0.3 is 10.7 Å². The largest absolute Gasteiger partial charge is 0.353 e. The van der Waals surface area contributed by atoms with Crippen molar-refractivity contribution < 1.29 is 0 Å². The van der Waals surface area contributed by atoms with E-state index in [-0.39, 0.29) is 5.41 Å². The SMILES string of the molecule is NCC1(c2ccc3[nH]c4cnccc4c3c2)CCC1.